The number of hydrogen-bond acceptors (Lipinski definition) is 7. The molecule has 3 N–H and O–H groups in total. The first-order valence-electron chi connectivity index (χ1n) is 16.9. The van der Waals surface area contributed by atoms with E-state index in [2.05, 4.69) is 22.0 Å². The molecule has 2 aliphatic rings. The molecule has 47 heavy (non-hydrogen) atoms. The minimum atomic E-state index is -0.768. The van der Waals surface area contributed by atoms with Crippen molar-refractivity contribution in [2.45, 2.75) is 71.4 Å². The number of carbonyl (C=O) groups excluding carboxylic acids is 5. The Labute approximate surface area is 280 Å². The molecule has 0 aromatic rings. The van der Waals surface area contributed by atoms with Gasteiger partial charge in [0.25, 0.3) is 0 Å². The van der Waals surface area contributed by atoms with Crippen LogP contribution in [0.4, 0.5) is 0 Å². The zero-order valence-electron chi connectivity index (χ0n) is 28.6. The van der Waals surface area contributed by atoms with Gasteiger partial charge in [0.1, 0.15) is 12.3 Å². The average Bonchev–Trinajstić information content (AvgIpc) is 3.36. The average molecular weight is 654 g/mol. The van der Waals surface area contributed by atoms with Crippen molar-refractivity contribution in [1.82, 2.24) is 25.8 Å². The molecule has 4 atom stereocenters. The van der Waals surface area contributed by atoms with Crippen molar-refractivity contribution < 1.29 is 28.7 Å². The van der Waals surface area contributed by atoms with E-state index >= 15 is 0 Å². The third kappa shape index (κ3) is 15.1. The van der Waals surface area contributed by atoms with E-state index in [0.29, 0.717) is 58.3 Å². The topological polar surface area (TPSA) is 137 Å². The minimum Gasteiger partial charge on any atom is -0.379 e. The summed E-state index contributed by atoms with van der Waals surface area (Å²) in [6, 6.07) is -1.37. The Morgan fingerprint density at radius 3 is 2.47 bits per heavy atom. The molecule has 1 saturated heterocycles. The summed E-state index contributed by atoms with van der Waals surface area (Å²) < 4.78 is 5.39. The van der Waals surface area contributed by atoms with Crippen LogP contribution in [0.2, 0.25) is 0 Å². The molecule has 0 spiro atoms. The van der Waals surface area contributed by atoms with Gasteiger partial charge in [-0.15, -0.1) is 0 Å². The van der Waals surface area contributed by atoms with Crippen LogP contribution in [-0.4, -0.2) is 105 Å². The van der Waals surface area contributed by atoms with Gasteiger partial charge in [-0.05, 0) is 51.4 Å². The molecule has 0 radical (unpaired) electrons. The fourth-order valence-corrected chi connectivity index (χ4v) is 5.35. The molecule has 2 rings (SSSR count). The van der Waals surface area contributed by atoms with Crippen LogP contribution in [0.5, 0.6) is 0 Å². The zero-order valence-corrected chi connectivity index (χ0v) is 28.6. The number of amides is 4. The highest BCUT2D eigenvalue weighted by Gasteiger charge is 2.29. The van der Waals surface area contributed by atoms with Gasteiger partial charge in [0.2, 0.25) is 23.6 Å². The largest absolute Gasteiger partial charge is 0.379 e. The molecule has 11 nitrogen and oxygen atoms in total. The molecule has 1 aliphatic carbocycles. The first kappa shape index (κ1) is 39.3. The number of nitrogens with zero attached hydrogens (tertiary/aromatic N) is 2. The van der Waals surface area contributed by atoms with Crippen LogP contribution in [0, 0.1) is 11.8 Å². The highest BCUT2D eigenvalue weighted by atomic mass is 16.5. The molecule has 11 heteroatoms. The number of ether oxygens (including phenoxy) is 1. The number of carbonyl (C=O) groups is 5. The molecule has 0 bridgehead atoms. The first-order valence-corrected chi connectivity index (χ1v) is 16.9. The van der Waals surface area contributed by atoms with E-state index in [4.69, 9.17) is 4.74 Å². The normalized spacial score (nSPS) is 17.7. The van der Waals surface area contributed by atoms with Gasteiger partial charge < -0.3 is 30.4 Å². The van der Waals surface area contributed by atoms with Crippen LogP contribution in [-0.2, 0) is 28.7 Å². The number of likely N-dealkylation sites (N-methyl/N-ethyl adjacent to an activating group) is 1. The van der Waals surface area contributed by atoms with E-state index in [1.807, 2.05) is 74.3 Å². The van der Waals surface area contributed by atoms with Gasteiger partial charge >= 0.3 is 0 Å². The Morgan fingerprint density at radius 1 is 1.02 bits per heavy atom. The lowest BCUT2D eigenvalue weighted by molar-refractivity contribution is -0.141. The highest BCUT2D eigenvalue weighted by Crippen LogP contribution is 2.19. The summed E-state index contributed by atoms with van der Waals surface area (Å²) in [6.45, 7) is 8.16. The minimum absolute atomic E-state index is 0.0559. The van der Waals surface area contributed by atoms with Gasteiger partial charge in [-0.25, -0.2) is 0 Å². The maximum Gasteiger partial charge on any atom is 0.243 e. The second-order valence-corrected chi connectivity index (χ2v) is 12.0. The molecule has 1 fully saturated rings. The van der Waals surface area contributed by atoms with Crippen LogP contribution in [0.15, 0.2) is 60.3 Å². The van der Waals surface area contributed by atoms with E-state index in [0.717, 1.165) is 18.4 Å². The molecule has 260 valence electrons. The Kier molecular flexibility index (Phi) is 19.0. The van der Waals surface area contributed by atoms with E-state index in [1.54, 1.807) is 7.05 Å². The second kappa shape index (κ2) is 22.7. The monoisotopic (exact) mass is 653 g/mol. The Hall–Kier alpha value is -3.83. The van der Waals surface area contributed by atoms with Crippen LogP contribution in [0.1, 0.15) is 59.3 Å². The number of allylic oxidation sites excluding steroid dienone is 10. The molecule has 0 aromatic carbocycles. The second-order valence-electron chi connectivity index (χ2n) is 12.0. The van der Waals surface area contributed by atoms with Gasteiger partial charge in [0.05, 0.1) is 38.3 Å². The predicted molar refractivity (Wildman–Crippen MR) is 184 cm³/mol. The summed E-state index contributed by atoms with van der Waals surface area (Å²) >= 11 is 0. The molecule has 0 aromatic heterocycles. The molecule has 0 saturated carbocycles. The maximum atomic E-state index is 13.5. The van der Waals surface area contributed by atoms with Crippen molar-refractivity contribution in [3.05, 3.63) is 60.3 Å². The Balaban J connectivity index is 2.06. The van der Waals surface area contributed by atoms with Crippen molar-refractivity contribution >= 4 is 29.9 Å². The van der Waals surface area contributed by atoms with Crippen molar-refractivity contribution in [2.75, 3.05) is 53.0 Å². The molecular weight excluding hydrogens is 598 g/mol. The molecule has 1 heterocycles. The van der Waals surface area contributed by atoms with Crippen molar-refractivity contribution in [1.29, 1.82) is 0 Å². The van der Waals surface area contributed by atoms with Gasteiger partial charge in [0, 0.05) is 26.7 Å². The van der Waals surface area contributed by atoms with Crippen LogP contribution in [0.25, 0.3) is 0 Å². The fraction of sp³-hybridized carbons (Fsp3) is 0.583. The predicted octanol–water partition coefficient (Wildman–Crippen LogP) is 2.86. The standard InChI is InChI=1S/C36H55N5O6/c1-5-8-11-14-28(6-2)23-30(35(45)39-31(7-3)27-42)24-37-33(43)25-38-36(46)32(18-17-29-15-12-9-10-13-16-29)40(4)34(44)26-41-19-21-47-22-20-41/h5,8-15,27-28,30-32H,6-7,16-26H2,1-4H3,(H,37,43)(H,38,46)(H,39,45)/b8-5-,14-11-/t28?,30-,31?,32+/m1/s1. The lowest BCUT2D eigenvalue weighted by Crippen LogP contribution is -2.53. The third-order valence-corrected chi connectivity index (χ3v) is 8.51. The Bertz CT molecular complexity index is 1170. The van der Waals surface area contributed by atoms with E-state index in [-0.39, 0.29) is 37.4 Å². The van der Waals surface area contributed by atoms with E-state index < -0.39 is 29.8 Å². The summed E-state index contributed by atoms with van der Waals surface area (Å²) in [5.74, 6) is -1.81. The number of nitrogens with one attached hydrogen (secondary N) is 3. The van der Waals surface area contributed by atoms with Gasteiger partial charge in [-0.1, -0.05) is 74.1 Å². The summed E-state index contributed by atoms with van der Waals surface area (Å²) in [7, 11) is 1.63. The Morgan fingerprint density at radius 2 is 1.79 bits per heavy atom. The number of morpholine rings is 1. The lowest BCUT2D eigenvalue weighted by Gasteiger charge is -2.31. The smallest absolute Gasteiger partial charge is 0.243 e. The number of hydrogen-bond donors (Lipinski definition) is 3. The first-order chi connectivity index (χ1) is 22.7. The summed E-state index contributed by atoms with van der Waals surface area (Å²) in [5, 5.41) is 8.29. The highest BCUT2D eigenvalue weighted by molar-refractivity contribution is 5.91. The van der Waals surface area contributed by atoms with Crippen LogP contribution < -0.4 is 16.0 Å². The molecule has 1 aliphatic heterocycles. The molecular formula is C36H55N5O6. The van der Waals surface area contributed by atoms with E-state index in [1.165, 1.54) is 4.90 Å². The van der Waals surface area contributed by atoms with Crippen molar-refractivity contribution in [3.63, 3.8) is 0 Å². The quantitative estimate of drug-likeness (QED) is 0.136. The molecule has 4 amide bonds. The third-order valence-electron chi connectivity index (χ3n) is 8.51. The van der Waals surface area contributed by atoms with Gasteiger partial charge in [0.15, 0.2) is 0 Å². The van der Waals surface area contributed by atoms with Gasteiger partial charge in [-0.2, -0.15) is 0 Å². The summed E-state index contributed by atoms with van der Waals surface area (Å²) in [4.78, 5) is 67.7. The van der Waals surface area contributed by atoms with Crippen molar-refractivity contribution in [2.24, 2.45) is 11.8 Å². The summed E-state index contributed by atoms with van der Waals surface area (Å²) in [6.07, 6.45) is 22.0. The van der Waals surface area contributed by atoms with E-state index in [9.17, 15) is 24.0 Å². The maximum absolute atomic E-state index is 13.5. The van der Waals surface area contributed by atoms with Crippen LogP contribution in [0.3, 0.4) is 0 Å². The number of aldehydes is 1. The summed E-state index contributed by atoms with van der Waals surface area (Å²) in [5.41, 5.74) is 1.15. The zero-order chi connectivity index (χ0) is 34.4. The van der Waals surface area contributed by atoms with Crippen LogP contribution >= 0.6 is 0 Å². The SMILES string of the molecule is C/C=C\C=C/C(CC)C[C@H](CNC(=O)CNC(=O)[C@H](CCC1=CC=CC=CC1)N(C)C(=O)CN1CCOCC1)C(=O)NC(C=O)CC. The number of rotatable bonds is 20. The van der Waals surface area contributed by atoms with Crippen molar-refractivity contribution in [3.8, 4) is 0 Å². The lowest BCUT2D eigenvalue weighted by atomic mass is 9.91. The molecule has 2 unspecified atom stereocenters. The van der Waals surface area contributed by atoms with Gasteiger partial charge in [-0.3, -0.25) is 24.1 Å². The fourth-order valence-electron chi connectivity index (χ4n) is 5.35.